The molecule has 4 heterocycles. The zero-order valence-corrected chi connectivity index (χ0v) is 22.8. The van der Waals surface area contributed by atoms with Crippen molar-refractivity contribution in [2.24, 2.45) is 0 Å². The Balaban J connectivity index is 1.11. The highest BCUT2D eigenvalue weighted by Crippen LogP contribution is 2.31. The zero-order valence-electron chi connectivity index (χ0n) is 22.8. The van der Waals surface area contributed by atoms with E-state index in [0.29, 0.717) is 18.0 Å². The van der Waals surface area contributed by atoms with Crippen LogP contribution >= 0.6 is 0 Å². The first-order chi connectivity index (χ1) is 20.2. The quantitative estimate of drug-likeness (QED) is 0.246. The van der Waals surface area contributed by atoms with Gasteiger partial charge in [0.25, 0.3) is 11.8 Å². The fourth-order valence-corrected chi connectivity index (χ4v) is 4.84. The molecular weight excluding hydrogens is 547 g/mol. The van der Waals surface area contributed by atoms with Gasteiger partial charge >= 0.3 is 0 Å². The summed E-state index contributed by atoms with van der Waals surface area (Å²) in [6.07, 6.45) is 4.47. The first kappa shape index (κ1) is 27.3. The van der Waals surface area contributed by atoms with Crippen molar-refractivity contribution in [3.8, 4) is 11.4 Å². The standard InChI is InChI=1S/C30H28F3N7O2/c1-19-2-4-20(5-3-19)8-13-42-22-6-7-25-23(15-22)26(17-34-25)36-29(41)27-18-40(38-37-27)21-14-24(31)28(35-16-21)39-11-9-30(32,33)10-12-39/h2-7,14-18,34H,8-13H2,1H3,(H,36,41). The molecule has 0 atom stereocenters. The SMILES string of the molecule is Cc1ccc(CCOc2ccc3[nH]cc(NC(=O)c4cn(-c5cnc(N6CCC(F)(F)CC6)c(F)c5)nn4)c3c2)cc1. The molecule has 0 bridgehead atoms. The average molecular weight is 576 g/mol. The Kier molecular flexibility index (Phi) is 7.27. The summed E-state index contributed by atoms with van der Waals surface area (Å²) in [5, 5.41) is 11.5. The zero-order chi connectivity index (χ0) is 29.3. The van der Waals surface area contributed by atoms with Gasteiger partial charge in [0.05, 0.1) is 30.4 Å². The first-order valence-electron chi connectivity index (χ1n) is 13.6. The van der Waals surface area contributed by atoms with E-state index in [1.807, 2.05) is 18.2 Å². The summed E-state index contributed by atoms with van der Waals surface area (Å²) in [6.45, 7) is 2.58. The molecule has 0 unspecified atom stereocenters. The van der Waals surface area contributed by atoms with E-state index in [9.17, 15) is 18.0 Å². The fraction of sp³-hybridized carbons (Fsp3) is 0.267. The molecule has 1 aliphatic rings. The van der Waals surface area contributed by atoms with Gasteiger partial charge in [0.1, 0.15) is 5.75 Å². The molecule has 0 spiro atoms. The lowest BCUT2D eigenvalue weighted by Gasteiger charge is -2.32. The highest BCUT2D eigenvalue weighted by Gasteiger charge is 2.35. The normalized spacial score (nSPS) is 14.7. The number of pyridine rings is 1. The van der Waals surface area contributed by atoms with Gasteiger partial charge in [-0.2, -0.15) is 0 Å². The van der Waals surface area contributed by atoms with Crippen LogP contribution in [0.2, 0.25) is 0 Å². The van der Waals surface area contributed by atoms with Gasteiger partial charge in [-0.25, -0.2) is 22.8 Å². The maximum atomic E-state index is 14.8. The second kappa shape index (κ2) is 11.2. The van der Waals surface area contributed by atoms with Gasteiger partial charge in [-0.1, -0.05) is 35.0 Å². The second-order valence-corrected chi connectivity index (χ2v) is 10.3. The summed E-state index contributed by atoms with van der Waals surface area (Å²) in [7, 11) is 0. The third-order valence-corrected chi connectivity index (χ3v) is 7.27. The van der Waals surface area contributed by atoms with E-state index in [0.717, 1.165) is 17.3 Å². The van der Waals surface area contributed by atoms with Crippen molar-refractivity contribution in [1.82, 2.24) is 25.0 Å². The van der Waals surface area contributed by atoms with Crippen LogP contribution in [0.1, 0.15) is 34.5 Å². The van der Waals surface area contributed by atoms with Gasteiger partial charge in [0.15, 0.2) is 17.3 Å². The molecule has 12 heteroatoms. The number of hydrogen-bond donors (Lipinski definition) is 2. The van der Waals surface area contributed by atoms with Crippen molar-refractivity contribution in [1.29, 1.82) is 0 Å². The van der Waals surface area contributed by atoms with Crippen LogP contribution in [0.4, 0.5) is 24.7 Å². The van der Waals surface area contributed by atoms with Crippen molar-refractivity contribution in [2.45, 2.75) is 32.1 Å². The molecule has 0 aliphatic carbocycles. The number of rotatable bonds is 8. The molecule has 5 aromatic rings. The Bertz CT molecular complexity index is 1720. The van der Waals surface area contributed by atoms with Gasteiger partial charge in [0, 0.05) is 55.5 Å². The van der Waals surface area contributed by atoms with Crippen LogP contribution in [0, 0.1) is 12.7 Å². The molecule has 0 radical (unpaired) electrons. The Morgan fingerprint density at radius 2 is 1.90 bits per heavy atom. The lowest BCUT2D eigenvalue weighted by atomic mass is 10.1. The highest BCUT2D eigenvalue weighted by molar-refractivity contribution is 6.08. The first-order valence-corrected chi connectivity index (χ1v) is 13.6. The summed E-state index contributed by atoms with van der Waals surface area (Å²) in [5.74, 6) is -3.24. The van der Waals surface area contributed by atoms with E-state index < -0.39 is 17.6 Å². The van der Waals surface area contributed by atoms with Crippen LogP contribution in [-0.4, -0.2) is 56.5 Å². The number of aromatic amines is 1. The number of anilines is 2. The second-order valence-electron chi connectivity index (χ2n) is 10.3. The van der Waals surface area contributed by atoms with Crippen LogP contribution in [0.15, 0.2) is 67.1 Å². The minimum Gasteiger partial charge on any atom is -0.493 e. The number of piperidine rings is 1. The number of benzene rings is 2. The number of hydrogen-bond acceptors (Lipinski definition) is 6. The van der Waals surface area contributed by atoms with Crippen LogP contribution in [-0.2, 0) is 6.42 Å². The number of H-pyrrole nitrogens is 1. The Hall–Kier alpha value is -4.87. The Morgan fingerprint density at radius 1 is 1.12 bits per heavy atom. The van der Waals surface area contributed by atoms with Gasteiger partial charge in [0.2, 0.25) is 0 Å². The number of nitrogens with zero attached hydrogens (tertiary/aromatic N) is 5. The molecule has 3 aromatic heterocycles. The number of carbonyl (C=O) groups excluding carboxylic acids is 1. The van der Waals surface area contributed by atoms with Gasteiger partial charge in [-0.15, -0.1) is 5.10 Å². The lowest BCUT2D eigenvalue weighted by molar-refractivity contribution is -0.0222. The van der Waals surface area contributed by atoms with Crippen LogP contribution in [0.5, 0.6) is 5.75 Å². The Labute approximate surface area is 239 Å². The van der Waals surface area contributed by atoms with Gasteiger partial charge in [-0.3, -0.25) is 4.79 Å². The summed E-state index contributed by atoms with van der Waals surface area (Å²) in [4.78, 5) is 21.7. The molecule has 2 N–H and O–H groups in total. The molecule has 9 nitrogen and oxygen atoms in total. The van der Waals surface area contributed by atoms with E-state index in [2.05, 4.69) is 56.8 Å². The highest BCUT2D eigenvalue weighted by atomic mass is 19.3. The third-order valence-electron chi connectivity index (χ3n) is 7.27. The molecule has 2 aromatic carbocycles. The molecule has 1 aliphatic heterocycles. The van der Waals surface area contributed by atoms with E-state index in [4.69, 9.17) is 4.74 Å². The summed E-state index contributed by atoms with van der Waals surface area (Å²) < 4.78 is 49.0. The summed E-state index contributed by atoms with van der Waals surface area (Å²) in [6, 6.07) is 15.1. The molecule has 216 valence electrons. The number of aryl methyl sites for hydroxylation is 1. The van der Waals surface area contributed by atoms with Gasteiger partial charge < -0.3 is 19.9 Å². The van der Waals surface area contributed by atoms with Crippen LogP contribution < -0.4 is 15.0 Å². The number of aromatic nitrogens is 5. The molecule has 0 saturated carbocycles. The predicted octanol–water partition coefficient (Wildman–Crippen LogP) is 5.70. The molecule has 1 saturated heterocycles. The number of carbonyl (C=O) groups is 1. The molecule has 6 rings (SSSR count). The molecule has 1 fully saturated rings. The van der Waals surface area contributed by atoms with E-state index in [1.165, 1.54) is 39.2 Å². The maximum absolute atomic E-state index is 14.8. The number of nitrogens with one attached hydrogen (secondary N) is 2. The van der Waals surface area contributed by atoms with E-state index in [1.54, 1.807) is 6.20 Å². The maximum Gasteiger partial charge on any atom is 0.277 e. The summed E-state index contributed by atoms with van der Waals surface area (Å²) in [5.41, 5.74) is 4.01. The molecule has 42 heavy (non-hydrogen) atoms. The number of alkyl halides is 2. The Morgan fingerprint density at radius 3 is 2.67 bits per heavy atom. The van der Waals surface area contributed by atoms with Crippen molar-refractivity contribution >= 4 is 28.3 Å². The minimum atomic E-state index is -2.74. The number of fused-ring (bicyclic) bond motifs is 1. The van der Waals surface area contributed by atoms with Crippen molar-refractivity contribution < 1.29 is 22.7 Å². The smallest absolute Gasteiger partial charge is 0.277 e. The predicted molar refractivity (Wildman–Crippen MR) is 152 cm³/mol. The largest absolute Gasteiger partial charge is 0.493 e. The van der Waals surface area contributed by atoms with Crippen molar-refractivity contribution in [2.75, 3.05) is 29.9 Å². The number of amides is 1. The lowest BCUT2D eigenvalue weighted by Crippen LogP contribution is -2.40. The van der Waals surface area contributed by atoms with Crippen LogP contribution in [0.25, 0.3) is 16.6 Å². The van der Waals surface area contributed by atoms with Crippen molar-refractivity contribution in [3.63, 3.8) is 0 Å². The van der Waals surface area contributed by atoms with Crippen LogP contribution in [0.3, 0.4) is 0 Å². The number of halogens is 3. The molecular formula is C30H28F3N7O2. The fourth-order valence-electron chi connectivity index (χ4n) is 4.84. The van der Waals surface area contributed by atoms with Crippen molar-refractivity contribution in [3.05, 3.63) is 89.8 Å². The number of ether oxygens (including phenoxy) is 1. The monoisotopic (exact) mass is 575 g/mol. The molecule has 1 amide bonds. The third kappa shape index (κ3) is 5.92. The average Bonchev–Trinajstić information content (AvgIpc) is 3.62. The minimum absolute atomic E-state index is 0.00478. The summed E-state index contributed by atoms with van der Waals surface area (Å²) >= 11 is 0. The van der Waals surface area contributed by atoms with E-state index >= 15 is 0 Å². The topological polar surface area (TPSA) is 101 Å². The van der Waals surface area contributed by atoms with E-state index in [-0.39, 0.29) is 43.1 Å². The van der Waals surface area contributed by atoms with Gasteiger partial charge in [-0.05, 0) is 30.7 Å².